The van der Waals surface area contributed by atoms with Crippen molar-refractivity contribution >= 4 is 5.91 Å². The summed E-state index contributed by atoms with van der Waals surface area (Å²) in [4.78, 5) is 21.4. The molecule has 2 fully saturated rings. The molecule has 2 aromatic rings. The minimum Gasteiger partial charge on any atom is -0.434 e. The van der Waals surface area contributed by atoms with Gasteiger partial charge in [0.2, 0.25) is 17.6 Å². The largest absolute Gasteiger partial charge is 0.434 e. The van der Waals surface area contributed by atoms with Crippen molar-refractivity contribution in [1.29, 1.82) is 0 Å². The molecule has 7 nitrogen and oxygen atoms in total. The number of benzene rings is 1. The molecule has 0 spiro atoms. The Bertz CT molecular complexity index is 860. The fraction of sp³-hybridized carbons (Fsp3) is 0.591. The van der Waals surface area contributed by atoms with Crippen molar-refractivity contribution < 1.29 is 22.8 Å². The van der Waals surface area contributed by atoms with Crippen LogP contribution in [0.5, 0.6) is 5.75 Å². The van der Waals surface area contributed by atoms with Crippen LogP contribution >= 0.6 is 0 Å². The molecular weight excluding hydrogens is 406 g/mol. The molecule has 4 rings (SSSR count). The van der Waals surface area contributed by atoms with E-state index in [1.165, 1.54) is 18.9 Å². The Hall–Kier alpha value is -2.55. The van der Waals surface area contributed by atoms with Crippen LogP contribution in [0.15, 0.2) is 28.8 Å². The van der Waals surface area contributed by atoms with Gasteiger partial charge in [0.05, 0.1) is 12.1 Å². The molecule has 0 bridgehead atoms. The van der Waals surface area contributed by atoms with Gasteiger partial charge in [-0.05, 0) is 50.9 Å². The molecular formula is C22H28F2N4O3. The van der Waals surface area contributed by atoms with E-state index in [9.17, 15) is 13.6 Å². The van der Waals surface area contributed by atoms with Crippen LogP contribution < -0.4 is 4.74 Å². The number of likely N-dealkylation sites (tertiary alicyclic amines) is 2. The highest BCUT2D eigenvalue weighted by atomic mass is 19.3. The van der Waals surface area contributed by atoms with Gasteiger partial charge in [-0.1, -0.05) is 30.1 Å². The van der Waals surface area contributed by atoms with Crippen LogP contribution in [0.3, 0.4) is 0 Å². The molecule has 0 saturated carbocycles. The molecule has 2 aliphatic rings. The van der Waals surface area contributed by atoms with Crippen molar-refractivity contribution in [1.82, 2.24) is 19.9 Å². The molecule has 168 valence electrons. The van der Waals surface area contributed by atoms with Crippen molar-refractivity contribution in [2.45, 2.75) is 51.7 Å². The van der Waals surface area contributed by atoms with Gasteiger partial charge >= 0.3 is 6.61 Å². The van der Waals surface area contributed by atoms with Gasteiger partial charge < -0.3 is 14.2 Å². The fourth-order valence-electron chi connectivity index (χ4n) is 4.36. The van der Waals surface area contributed by atoms with Gasteiger partial charge in [0, 0.05) is 19.0 Å². The second-order valence-electron chi connectivity index (χ2n) is 8.18. The summed E-state index contributed by atoms with van der Waals surface area (Å²) in [5.74, 6) is 1.04. The topological polar surface area (TPSA) is 71.7 Å². The zero-order valence-electron chi connectivity index (χ0n) is 17.5. The standard InChI is InChI=1S/C22H28F2N4O3/c23-22(24)30-18-8-4-3-7-17(18)20-25-19(31-26-20)15-27-13-9-16(10-14-27)21(29)28-11-5-1-2-6-12-28/h3-4,7-8,16,22H,1-2,5-6,9-15H2. The van der Waals surface area contributed by atoms with Gasteiger partial charge in [0.1, 0.15) is 5.75 Å². The quantitative estimate of drug-likeness (QED) is 0.686. The SMILES string of the molecule is O=C(C1CCN(Cc2nc(-c3ccccc3OC(F)F)no2)CC1)N1CCCCCC1. The highest BCUT2D eigenvalue weighted by Crippen LogP contribution is 2.29. The van der Waals surface area contributed by atoms with E-state index in [2.05, 4.69) is 24.7 Å². The minimum atomic E-state index is -2.93. The molecule has 0 unspecified atom stereocenters. The number of halogens is 2. The normalized spacial score (nSPS) is 18.9. The zero-order valence-corrected chi connectivity index (χ0v) is 17.5. The number of alkyl halides is 2. The van der Waals surface area contributed by atoms with Crippen LogP contribution in [0.2, 0.25) is 0 Å². The maximum Gasteiger partial charge on any atom is 0.387 e. The predicted octanol–water partition coefficient (Wildman–Crippen LogP) is 3.95. The third-order valence-corrected chi connectivity index (χ3v) is 6.03. The number of hydrogen-bond acceptors (Lipinski definition) is 6. The van der Waals surface area contributed by atoms with Crippen LogP contribution in [0, 0.1) is 5.92 Å². The molecule has 1 aromatic heterocycles. The van der Waals surface area contributed by atoms with Gasteiger partial charge in [-0.2, -0.15) is 13.8 Å². The predicted molar refractivity (Wildman–Crippen MR) is 109 cm³/mol. The van der Waals surface area contributed by atoms with Gasteiger partial charge in [-0.3, -0.25) is 9.69 Å². The summed E-state index contributed by atoms with van der Waals surface area (Å²) in [7, 11) is 0. The lowest BCUT2D eigenvalue weighted by Gasteiger charge is -2.33. The maximum absolute atomic E-state index is 12.8. The van der Waals surface area contributed by atoms with E-state index in [0.717, 1.165) is 51.9 Å². The van der Waals surface area contributed by atoms with E-state index >= 15 is 0 Å². The van der Waals surface area contributed by atoms with Crippen LogP contribution in [0.4, 0.5) is 8.78 Å². The lowest BCUT2D eigenvalue weighted by molar-refractivity contribution is -0.137. The summed E-state index contributed by atoms with van der Waals surface area (Å²) in [5.41, 5.74) is 0.361. The summed E-state index contributed by atoms with van der Waals surface area (Å²) >= 11 is 0. The lowest BCUT2D eigenvalue weighted by atomic mass is 9.95. The van der Waals surface area contributed by atoms with Crippen molar-refractivity contribution in [3.8, 4) is 17.1 Å². The second-order valence-corrected chi connectivity index (χ2v) is 8.18. The monoisotopic (exact) mass is 434 g/mol. The Morgan fingerprint density at radius 2 is 1.81 bits per heavy atom. The van der Waals surface area contributed by atoms with Crippen molar-refractivity contribution in [2.75, 3.05) is 26.2 Å². The van der Waals surface area contributed by atoms with Crippen molar-refractivity contribution in [2.24, 2.45) is 5.92 Å². The third kappa shape index (κ3) is 5.58. The molecule has 1 amide bonds. The summed E-state index contributed by atoms with van der Waals surface area (Å²) in [6.07, 6.45) is 6.29. The molecule has 9 heteroatoms. The molecule has 2 aliphatic heterocycles. The third-order valence-electron chi connectivity index (χ3n) is 6.03. The van der Waals surface area contributed by atoms with E-state index < -0.39 is 6.61 Å². The van der Waals surface area contributed by atoms with Gasteiger partial charge in [0.25, 0.3) is 0 Å². The Kier molecular flexibility index (Phi) is 7.11. The highest BCUT2D eigenvalue weighted by Gasteiger charge is 2.29. The molecule has 31 heavy (non-hydrogen) atoms. The summed E-state index contributed by atoms with van der Waals surface area (Å²) in [6, 6.07) is 6.38. The first-order valence-electron chi connectivity index (χ1n) is 11.0. The molecule has 2 saturated heterocycles. The number of nitrogens with zero attached hydrogens (tertiary/aromatic N) is 4. The van der Waals surface area contributed by atoms with E-state index in [4.69, 9.17) is 4.52 Å². The zero-order chi connectivity index (χ0) is 21.6. The van der Waals surface area contributed by atoms with Crippen LogP contribution in [0.1, 0.15) is 44.4 Å². The summed E-state index contributed by atoms with van der Waals surface area (Å²) < 4.78 is 35.2. The Labute approximate surface area is 180 Å². The van der Waals surface area contributed by atoms with E-state index in [1.807, 2.05) is 0 Å². The number of rotatable bonds is 6. The van der Waals surface area contributed by atoms with Crippen LogP contribution in [-0.2, 0) is 11.3 Å². The van der Waals surface area contributed by atoms with Crippen molar-refractivity contribution in [3.63, 3.8) is 0 Å². The maximum atomic E-state index is 12.8. The number of carbonyl (C=O) groups excluding carboxylic acids is 1. The van der Waals surface area contributed by atoms with E-state index in [-0.39, 0.29) is 17.5 Å². The number of carbonyl (C=O) groups is 1. The highest BCUT2D eigenvalue weighted by molar-refractivity contribution is 5.79. The summed E-state index contributed by atoms with van der Waals surface area (Å²) in [6.45, 7) is 0.891. The molecule has 0 atom stereocenters. The lowest BCUT2D eigenvalue weighted by Crippen LogP contribution is -2.42. The molecule has 0 radical (unpaired) electrons. The Morgan fingerprint density at radius 1 is 1.10 bits per heavy atom. The van der Waals surface area contributed by atoms with E-state index in [1.54, 1.807) is 18.2 Å². The molecule has 3 heterocycles. The average Bonchev–Trinajstić information content (AvgIpc) is 3.05. The minimum absolute atomic E-state index is 0.0117. The number of hydrogen-bond donors (Lipinski definition) is 0. The Morgan fingerprint density at radius 3 is 2.52 bits per heavy atom. The second kappa shape index (κ2) is 10.2. The number of para-hydroxylation sites is 1. The molecule has 0 N–H and O–H groups in total. The van der Waals surface area contributed by atoms with Gasteiger partial charge in [0.15, 0.2) is 0 Å². The molecule has 0 aliphatic carbocycles. The first-order chi connectivity index (χ1) is 15.1. The summed E-state index contributed by atoms with van der Waals surface area (Å²) in [5, 5.41) is 3.93. The number of ether oxygens (including phenoxy) is 1. The fourth-order valence-corrected chi connectivity index (χ4v) is 4.36. The van der Waals surface area contributed by atoms with E-state index in [0.29, 0.717) is 23.9 Å². The number of aromatic nitrogens is 2. The first-order valence-corrected chi connectivity index (χ1v) is 11.0. The average molecular weight is 434 g/mol. The number of amides is 1. The molecule has 1 aromatic carbocycles. The Balaban J connectivity index is 1.32. The first kappa shape index (κ1) is 21.7. The van der Waals surface area contributed by atoms with Crippen LogP contribution in [0.25, 0.3) is 11.4 Å². The smallest absolute Gasteiger partial charge is 0.387 e. The van der Waals surface area contributed by atoms with Crippen LogP contribution in [-0.4, -0.2) is 58.6 Å². The number of piperidine rings is 1. The van der Waals surface area contributed by atoms with Gasteiger partial charge in [-0.25, -0.2) is 0 Å². The van der Waals surface area contributed by atoms with Gasteiger partial charge in [-0.15, -0.1) is 0 Å². The van der Waals surface area contributed by atoms with Crippen molar-refractivity contribution in [3.05, 3.63) is 30.2 Å².